The third kappa shape index (κ3) is 7.26. The van der Waals surface area contributed by atoms with E-state index in [2.05, 4.69) is 52.3 Å². The summed E-state index contributed by atoms with van der Waals surface area (Å²) < 4.78 is 1.97. The highest BCUT2D eigenvalue weighted by molar-refractivity contribution is 6.28. The minimum absolute atomic E-state index is 0.195. The Kier molecular flexibility index (Phi) is 12.0. The summed E-state index contributed by atoms with van der Waals surface area (Å²) in [5.74, 6) is 0.915. The molecule has 30 heavy (non-hydrogen) atoms. The number of halogens is 1. The van der Waals surface area contributed by atoms with Gasteiger partial charge in [-0.05, 0) is 36.4 Å². The molecule has 0 saturated heterocycles. The summed E-state index contributed by atoms with van der Waals surface area (Å²) in [6.45, 7) is 13.7. The highest BCUT2D eigenvalue weighted by Gasteiger charge is 2.14. The van der Waals surface area contributed by atoms with Crippen LogP contribution in [0.2, 0.25) is 5.28 Å². The summed E-state index contributed by atoms with van der Waals surface area (Å²) in [5.41, 5.74) is 3.80. The summed E-state index contributed by atoms with van der Waals surface area (Å²) in [6.07, 6.45) is 3.58. The van der Waals surface area contributed by atoms with Crippen LogP contribution in [0.4, 0.5) is 5.82 Å². The average molecular weight is 434 g/mol. The lowest BCUT2D eigenvalue weighted by Crippen LogP contribution is -2.09. The molecule has 0 aliphatic carbocycles. The predicted molar refractivity (Wildman–Crippen MR) is 127 cm³/mol. The van der Waals surface area contributed by atoms with Crippen LogP contribution in [0.1, 0.15) is 58.6 Å². The van der Waals surface area contributed by atoms with E-state index in [9.17, 15) is 5.11 Å². The van der Waals surface area contributed by atoms with E-state index in [1.54, 1.807) is 6.33 Å². The van der Waals surface area contributed by atoms with Gasteiger partial charge < -0.3 is 15.0 Å². The van der Waals surface area contributed by atoms with Gasteiger partial charge in [0.2, 0.25) is 5.28 Å². The largest absolute Gasteiger partial charge is 0.396 e. The first-order valence-corrected chi connectivity index (χ1v) is 11.3. The first-order chi connectivity index (χ1) is 14.6. The Morgan fingerprint density at radius 2 is 1.90 bits per heavy atom. The van der Waals surface area contributed by atoms with Gasteiger partial charge in [0.1, 0.15) is 0 Å². The van der Waals surface area contributed by atoms with Crippen LogP contribution in [0.25, 0.3) is 11.2 Å². The van der Waals surface area contributed by atoms with Crippen molar-refractivity contribution in [2.45, 2.75) is 67.5 Å². The number of hydrogen-bond acceptors (Lipinski definition) is 5. The van der Waals surface area contributed by atoms with E-state index < -0.39 is 0 Å². The molecule has 0 saturated carbocycles. The number of aliphatic hydroxyl groups is 1. The van der Waals surface area contributed by atoms with Crippen molar-refractivity contribution in [3.8, 4) is 0 Å². The molecule has 1 aromatic carbocycles. The van der Waals surface area contributed by atoms with Gasteiger partial charge in [-0.1, -0.05) is 70.9 Å². The fourth-order valence-corrected chi connectivity index (χ4v) is 3.12. The monoisotopic (exact) mass is 433 g/mol. The lowest BCUT2D eigenvalue weighted by molar-refractivity contribution is 0.210. The third-order valence-corrected chi connectivity index (χ3v) is 4.76. The molecule has 0 aliphatic rings. The molecule has 6 nitrogen and oxygen atoms in total. The number of fused-ring (bicyclic) bond motifs is 1. The van der Waals surface area contributed by atoms with Crippen molar-refractivity contribution in [3.63, 3.8) is 0 Å². The van der Waals surface area contributed by atoms with Crippen LogP contribution in [0.3, 0.4) is 0 Å². The predicted octanol–water partition coefficient (Wildman–Crippen LogP) is 5.86. The van der Waals surface area contributed by atoms with E-state index >= 15 is 0 Å². The molecule has 0 aliphatic heterocycles. The number of rotatable bonds is 8. The Hall–Kier alpha value is -2.18. The third-order valence-electron chi connectivity index (χ3n) is 4.59. The molecule has 0 amide bonds. The summed E-state index contributed by atoms with van der Waals surface area (Å²) in [6, 6.07) is 8.31. The lowest BCUT2D eigenvalue weighted by Gasteiger charge is -2.12. The number of anilines is 1. The van der Waals surface area contributed by atoms with Gasteiger partial charge in [-0.15, -0.1) is 0 Å². The van der Waals surface area contributed by atoms with Gasteiger partial charge in [-0.3, -0.25) is 0 Å². The highest BCUT2D eigenvalue weighted by Crippen LogP contribution is 2.22. The number of nitrogens with zero attached hydrogens (tertiary/aromatic N) is 4. The van der Waals surface area contributed by atoms with Crippen LogP contribution >= 0.6 is 11.6 Å². The van der Waals surface area contributed by atoms with E-state index in [-0.39, 0.29) is 17.8 Å². The van der Waals surface area contributed by atoms with E-state index in [1.165, 1.54) is 11.1 Å². The van der Waals surface area contributed by atoms with Crippen molar-refractivity contribution >= 4 is 28.6 Å². The molecule has 0 bridgehead atoms. The lowest BCUT2D eigenvalue weighted by atomic mass is 10.0. The molecular formula is C23H36ClN5O. The zero-order valence-corrected chi connectivity index (χ0v) is 19.9. The van der Waals surface area contributed by atoms with Gasteiger partial charge in [0.05, 0.1) is 6.33 Å². The van der Waals surface area contributed by atoms with Crippen LogP contribution in [-0.4, -0.2) is 31.2 Å². The zero-order valence-electron chi connectivity index (χ0n) is 19.1. The molecule has 0 radical (unpaired) electrons. The summed E-state index contributed by atoms with van der Waals surface area (Å²) >= 11 is 6.13. The topological polar surface area (TPSA) is 75.9 Å². The smallest absolute Gasteiger partial charge is 0.226 e. The van der Waals surface area contributed by atoms with Crippen LogP contribution in [-0.2, 0) is 13.1 Å². The van der Waals surface area contributed by atoms with E-state index in [0.29, 0.717) is 23.5 Å². The van der Waals surface area contributed by atoms with Crippen molar-refractivity contribution < 1.29 is 5.11 Å². The number of aromatic nitrogens is 4. The normalized spacial score (nSPS) is 11.2. The number of aryl methyl sites for hydroxylation is 2. The summed E-state index contributed by atoms with van der Waals surface area (Å²) in [4.78, 5) is 13.1. The Morgan fingerprint density at radius 3 is 2.53 bits per heavy atom. The van der Waals surface area contributed by atoms with Crippen molar-refractivity contribution in [3.05, 3.63) is 47.0 Å². The van der Waals surface area contributed by atoms with Crippen LogP contribution in [0, 0.1) is 12.8 Å². The van der Waals surface area contributed by atoms with Gasteiger partial charge in [0, 0.05) is 19.7 Å². The minimum atomic E-state index is 0.195. The van der Waals surface area contributed by atoms with Gasteiger partial charge in [0.25, 0.3) is 0 Å². The van der Waals surface area contributed by atoms with Gasteiger partial charge >= 0.3 is 0 Å². The Balaban J connectivity index is 0.00000106. The number of imidazole rings is 1. The quantitative estimate of drug-likeness (QED) is 0.435. The van der Waals surface area contributed by atoms with Crippen molar-refractivity contribution in [1.82, 2.24) is 19.5 Å². The Labute approximate surface area is 185 Å². The first kappa shape index (κ1) is 25.9. The zero-order chi connectivity index (χ0) is 22.5. The summed E-state index contributed by atoms with van der Waals surface area (Å²) in [5, 5.41) is 12.9. The second-order valence-electron chi connectivity index (χ2n) is 6.54. The maximum absolute atomic E-state index is 9.37. The van der Waals surface area contributed by atoms with E-state index in [0.717, 1.165) is 19.4 Å². The fraction of sp³-hybridized carbons (Fsp3) is 0.522. The molecule has 2 heterocycles. The maximum Gasteiger partial charge on any atom is 0.226 e. The van der Waals surface area contributed by atoms with E-state index in [1.807, 2.05) is 38.3 Å². The fourth-order valence-electron chi connectivity index (χ4n) is 2.96. The molecule has 3 rings (SSSR count). The van der Waals surface area contributed by atoms with Crippen LogP contribution < -0.4 is 5.32 Å². The molecular weight excluding hydrogens is 398 g/mol. The molecule has 0 fully saturated rings. The second kappa shape index (κ2) is 13.9. The maximum atomic E-state index is 9.37. The summed E-state index contributed by atoms with van der Waals surface area (Å²) in [7, 11) is 0. The molecule has 2 N–H and O–H groups in total. The molecule has 2 aromatic heterocycles. The molecule has 3 aromatic rings. The minimum Gasteiger partial charge on any atom is -0.396 e. The van der Waals surface area contributed by atoms with Crippen molar-refractivity contribution in [1.29, 1.82) is 0 Å². The molecule has 1 atom stereocenters. The number of hydrogen-bond donors (Lipinski definition) is 2. The Bertz CT molecular complexity index is 877. The van der Waals surface area contributed by atoms with Crippen LogP contribution in [0.15, 0.2) is 30.6 Å². The van der Waals surface area contributed by atoms with Crippen LogP contribution in [0.5, 0.6) is 0 Å². The molecule has 0 spiro atoms. The number of aliphatic hydroxyl groups excluding tert-OH is 1. The first-order valence-electron chi connectivity index (χ1n) is 10.9. The molecule has 166 valence electrons. The van der Waals surface area contributed by atoms with Crippen molar-refractivity contribution in [2.24, 2.45) is 5.92 Å². The van der Waals surface area contributed by atoms with Crippen molar-refractivity contribution in [2.75, 3.05) is 11.9 Å². The highest BCUT2D eigenvalue weighted by atomic mass is 35.5. The standard InChI is InChI=1S/C19H24ClN5O.2C2H6/c1-3-14(11-26)7-8-25-12-22-16-17(23-19(20)24-18(16)25)21-10-15-6-4-5-13(2)9-15;2*1-2/h4-6,9,12,14,26H,3,7-8,10-11H2,1-2H3,(H,21,23,24);2*1-2H3. The average Bonchev–Trinajstić information content (AvgIpc) is 3.18. The van der Waals surface area contributed by atoms with Gasteiger partial charge in [-0.25, -0.2) is 4.98 Å². The van der Waals surface area contributed by atoms with Gasteiger partial charge in [-0.2, -0.15) is 9.97 Å². The Morgan fingerprint density at radius 1 is 1.17 bits per heavy atom. The second-order valence-corrected chi connectivity index (χ2v) is 6.88. The number of benzene rings is 1. The molecule has 1 unspecified atom stereocenters. The van der Waals surface area contributed by atoms with Gasteiger partial charge in [0.15, 0.2) is 17.0 Å². The SMILES string of the molecule is CC.CC.CCC(CO)CCn1cnc2c(NCc3cccc(C)c3)nc(Cl)nc21. The molecule has 7 heteroatoms. The van der Waals surface area contributed by atoms with E-state index in [4.69, 9.17) is 11.6 Å². The number of nitrogens with one attached hydrogen (secondary N) is 1.